The van der Waals surface area contributed by atoms with E-state index < -0.39 is 0 Å². The van der Waals surface area contributed by atoms with E-state index in [4.69, 9.17) is 11.1 Å². The van der Waals surface area contributed by atoms with Crippen LogP contribution in [0.2, 0.25) is 0 Å². The van der Waals surface area contributed by atoms with Crippen molar-refractivity contribution in [3.8, 4) is 0 Å². The van der Waals surface area contributed by atoms with Crippen LogP contribution in [0.15, 0.2) is 24.3 Å². The molecule has 0 bridgehead atoms. The number of amidine groups is 1. The molecule has 0 amide bonds. The van der Waals surface area contributed by atoms with Gasteiger partial charge in [-0.3, -0.25) is 10.3 Å². The van der Waals surface area contributed by atoms with E-state index in [9.17, 15) is 0 Å². The Morgan fingerprint density at radius 1 is 1.35 bits per heavy atom. The van der Waals surface area contributed by atoms with Gasteiger partial charge in [0.1, 0.15) is 0 Å². The van der Waals surface area contributed by atoms with E-state index in [1.165, 1.54) is 11.1 Å². The van der Waals surface area contributed by atoms with Crippen LogP contribution in [0.5, 0.6) is 0 Å². The molecule has 0 heterocycles. The lowest BCUT2D eigenvalue weighted by molar-refractivity contribution is 0.218. The van der Waals surface area contributed by atoms with Crippen molar-refractivity contribution < 1.29 is 0 Å². The largest absolute Gasteiger partial charge is 0.388 e. The van der Waals surface area contributed by atoms with Gasteiger partial charge < -0.3 is 5.73 Å². The topological polar surface area (TPSA) is 53.1 Å². The van der Waals surface area contributed by atoms with Crippen LogP contribution in [0.1, 0.15) is 31.4 Å². The lowest BCUT2D eigenvalue weighted by Crippen LogP contribution is -2.33. The first-order chi connectivity index (χ1) is 8.00. The van der Waals surface area contributed by atoms with Gasteiger partial charge in [-0.25, -0.2) is 0 Å². The van der Waals surface area contributed by atoms with Crippen molar-refractivity contribution in [3.63, 3.8) is 0 Å². The molecule has 3 nitrogen and oxygen atoms in total. The number of aryl methyl sites for hydroxylation is 1. The third-order valence-corrected chi connectivity index (χ3v) is 3.03. The summed E-state index contributed by atoms with van der Waals surface area (Å²) in [5.74, 6) is 0.264. The van der Waals surface area contributed by atoms with Gasteiger partial charge in [-0.2, -0.15) is 0 Å². The molecule has 1 rings (SSSR count). The summed E-state index contributed by atoms with van der Waals surface area (Å²) in [5.41, 5.74) is 8.09. The molecule has 1 aromatic carbocycles. The minimum atomic E-state index is 0.264. The molecule has 3 N–H and O–H groups in total. The van der Waals surface area contributed by atoms with Gasteiger partial charge in [-0.15, -0.1) is 0 Å². The van der Waals surface area contributed by atoms with Crippen molar-refractivity contribution in [3.05, 3.63) is 35.4 Å². The summed E-state index contributed by atoms with van der Waals surface area (Å²) in [6.07, 6.45) is 0.643. The number of nitrogens with one attached hydrogen (secondary N) is 1. The van der Waals surface area contributed by atoms with Gasteiger partial charge >= 0.3 is 0 Å². The van der Waals surface area contributed by atoms with Crippen LogP contribution in [-0.4, -0.2) is 23.3 Å². The van der Waals surface area contributed by atoms with Gasteiger partial charge in [-0.05, 0) is 31.9 Å². The third-order valence-electron chi connectivity index (χ3n) is 3.03. The molecule has 0 saturated heterocycles. The summed E-state index contributed by atoms with van der Waals surface area (Å²) in [5, 5.41) is 7.30. The van der Waals surface area contributed by atoms with Crippen molar-refractivity contribution in [2.24, 2.45) is 5.73 Å². The molecule has 0 spiro atoms. The molecule has 0 aliphatic carbocycles. The fraction of sp³-hybridized carbons (Fsp3) is 0.500. The first kappa shape index (κ1) is 13.7. The maximum atomic E-state index is 7.30. The number of benzene rings is 1. The highest BCUT2D eigenvalue weighted by Gasteiger charge is 2.11. The molecule has 0 radical (unpaired) electrons. The number of hydrogen-bond acceptors (Lipinski definition) is 2. The van der Waals surface area contributed by atoms with Crippen molar-refractivity contribution >= 4 is 5.84 Å². The van der Waals surface area contributed by atoms with Crippen LogP contribution in [0.25, 0.3) is 0 Å². The van der Waals surface area contributed by atoms with Crippen LogP contribution in [0.3, 0.4) is 0 Å². The molecular formula is C14H23N3. The van der Waals surface area contributed by atoms with Gasteiger partial charge in [-0.1, -0.05) is 24.3 Å². The Morgan fingerprint density at radius 3 is 2.53 bits per heavy atom. The fourth-order valence-electron chi connectivity index (χ4n) is 1.79. The van der Waals surface area contributed by atoms with Gasteiger partial charge in [0.05, 0.1) is 5.84 Å². The van der Waals surface area contributed by atoms with Crippen LogP contribution in [-0.2, 0) is 6.54 Å². The van der Waals surface area contributed by atoms with E-state index in [2.05, 4.69) is 49.9 Å². The van der Waals surface area contributed by atoms with Gasteiger partial charge in [0.25, 0.3) is 0 Å². The first-order valence-electron chi connectivity index (χ1n) is 6.12. The molecule has 0 aliphatic rings. The summed E-state index contributed by atoms with van der Waals surface area (Å²) >= 11 is 0. The molecule has 0 aliphatic heterocycles. The zero-order chi connectivity index (χ0) is 12.8. The molecule has 17 heavy (non-hydrogen) atoms. The van der Waals surface area contributed by atoms with E-state index in [1.807, 2.05) is 0 Å². The Labute approximate surface area is 104 Å². The molecule has 0 atom stereocenters. The van der Waals surface area contributed by atoms with E-state index in [1.54, 1.807) is 0 Å². The molecule has 1 aromatic rings. The monoisotopic (exact) mass is 233 g/mol. The number of rotatable bonds is 6. The predicted octanol–water partition coefficient (Wildman–Crippen LogP) is 2.53. The summed E-state index contributed by atoms with van der Waals surface area (Å²) in [7, 11) is 0. The van der Waals surface area contributed by atoms with Gasteiger partial charge in [0.15, 0.2) is 0 Å². The fourth-order valence-corrected chi connectivity index (χ4v) is 1.79. The minimum absolute atomic E-state index is 0.264. The Balaban J connectivity index is 2.67. The zero-order valence-electron chi connectivity index (χ0n) is 11.0. The van der Waals surface area contributed by atoms with Gasteiger partial charge in [0.2, 0.25) is 0 Å². The van der Waals surface area contributed by atoms with Crippen LogP contribution in [0.4, 0.5) is 0 Å². The Kier molecular flexibility index (Phi) is 5.16. The summed E-state index contributed by atoms with van der Waals surface area (Å²) in [4.78, 5) is 2.35. The molecule has 0 saturated carbocycles. The highest BCUT2D eigenvalue weighted by atomic mass is 15.1. The Morgan fingerprint density at radius 2 is 2.00 bits per heavy atom. The molecule has 3 heteroatoms. The molecule has 0 unspecified atom stereocenters. The van der Waals surface area contributed by atoms with Crippen LogP contribution >= 0.6 is 0 Å². The predicted molar refractivity (Wildman–Crippen MR) is 73.3 cm³/mol. The van der Waals surface area contributed by atoms with Crippen molar-refractivity contribution in [1.29, 1.82) is 5.41 Å². The summed E-state index contributed by atoms with van der Waals surface area (Å²) in [6.45, 7) is 8.27. The van der Waals surface area contributed by atoms with Crippen LogP contribution < -0.4 is 5.73 Å². The average Bonchev–Trinajstić information content (AvgIpc) is 2.25. The highest BCUT2D eigenvalue weighted by molar-refractivity contribution is 5.76. The highest BCUT2D eigenvalue weighted by Crippen LogP contribution is 2.12. The van der Waals surface area contributed by atoms with Crippen molar-refractivity contribution in [2.75, 3.05) is 6.54 Å². The second-order valence-corrected chi connectivity index (χ2v) is 4.77. The first-order valence-corrected chi connectivity index (χ1v) is 6.12. The van der Waals surface area contributed by atoms with E-state index in [-0.39, 0.29) is 5.84 Å². The van der Waals surface area contributed by atoms with E-state index >= 15 is 0 Å². The Bertz CT molecular complexity index is 371. The Hall–Kier alpha value is -1.35. The lowest BCUT2D eigenvalue weighted by atomic mass is 10.1. The SMILES string of the molecule is Cc1ccccc1CN(CCC(=N)N)C(C)C. The zero-order valence-corrected chi connectivity index (χ0v) is 11.0. The lowest BCUT2D eigenvalue weighted by Gasteiger charge is -2.27. The van der Waals surface area contributed by atoms with Gasteiger partial charge in [0, 0.05) is 25.6 Å². The quantitative estimate of drug-likeness (QED) is 0.586. The standard InChI is InChI=1S/C14H23N3/c1-11(2)17(9-8-14(15)16)10-13-7-5-4-6-12(13)3/h4-7,11H,8-10H2,1-3H3,(H3,15,16). The van der Waals surface area contributed by atoms with Crippen molar-refractivity contribution in [1.82, 2.24) is 4.90 Å². The average molecular weight is 233 g/mol. The second kappa shape index (κ2) is 6.40. The molecule has 0 fully saturated rings. The smallest absolute Gasteiger partial charge is 0.0918 e. The molecule has 0 aromatic heterocycles. The second-order valence-electron chi connectivity index (χ2n) is 4.77. The number of nitrogens with zero attached hydrogens (tertiary/aromatic N) is 1. The van der Waals surface area contributed by atoms with E-state index in [0.717, 1.165) is 13.1 Å². The third kappa shape index (κ3) is 4.57. The maximum Gasteiger partial charge on any atom is 0.0918 e. The normalized spacial score (nSPS) is 11.1. The summed E-state index contributed by atoms with van der Waals surface area (Å²) < 4.78 is 0. The molecule has 94 valence electrons. The summed E-state index contributed by atoms with van der Waals surface area (Å²) in [6, 6.07) is 8.91. The minimum Gasteiger partial charge on any atom is -0.388 e. The van der Waals surface area contributed by atoms with E-state index in [0.29, 0.717) is 12.5 Å². The van der Waals surface area contributed by atoms with Crippen LogP contribution in [0, 0.1) is 12.3 Å². The molecular weight excluding hydrogens is 210 g/mol. The number of hydrogen-bond donors (Lipinski definition) is 2. The van der Waals surface area contributed by atoms with Crippen molar-refractivity contribution in [2.45, 2.75) is 39.8 Å². The number of nitrogens with two attached hydrogens (primary N) is 1. The maximum absolute atomic E-state index is 7.30.